The molecule has 1 unspecified atom stereocenters. The second-order valence-corrected chi connectivity index (χ2v) is 10.5. The van der Waals surface area contributed by atoms with Crippen LogP contribution in [-0.4, -0.2) is 23.9 Å². The van der Waals surface area contributed by atoms with Gasteiger partial charge in [0.1, 0.15) is 12.4 Å². The Morgan fingerprint density at radius 2 is 1.91 bits per heavy atom. The maximum absolute atomic E-state index is 10.9. The molecule has 0 aromatic heterocycles. The number of benzene rings is 2. The molecular formula is C29H38O3. The highest BCUT2D eigenvalue weighted by Gasteiger charge is 2.57. The highest BCUT2D eigenvalue weighted by molar-refractivity contribution is 5.41. The number of aliphatic hydroxyl groups is 1. The fourth-order valence-electron chi connectivity index (χ4n) is 6.95. The van der Waals surface area contributed by atoms with Crippen molar-refractivity contribution in [3.63, 3.8) is 0 Å². The van der Waals surface area contributed by atoms with Crippen LogP contribution >= 0.6 is 0 Å². The smallest absolute Gasteiger partial charge is 0.120 e. The molecule has 0 bridgehead atoms. The number of rotatable bonds is 7. The van der Waals surface area contributed by atoms with Gasteiger partial charge < -0.3 is 14.6 Å². The molecule has 0 heterocycles. The molecule has 3 nitrogen and oxygen atoms in total. The fraction of sp³-hybridized carbons (Fsp3) is 0.586. The van der Waals surface area contributed by atoms with Gasteiger partial charge in [-0.3, -0.25) is 0 Å². The van der Waals surface area contributed by atoms with Gasteiger partial charge in [0, 0.05) is 12.5 Å². The summed E-state index contributed by atoms with van der Waals surface area (Å²) in [5, 5.41) is 10.9. The van der Waals surface area contributed by atoms with Crippen LogP contribution in [0.15, 0.2) is 48.5 Å². The van der Waals surface area contributed by atoms with Gasteiger partial charge in [0.05, 0.1) is 12.2 Å². The largest absolute Gasteiger partial charge is 0.489 e. The van der Waals surface area contributed by atoms with E-state index in [0.29, 0.717) is 24.4 Å². The topological polar surface area (TPSA) is 38.7 Å². The van der Waals surface area contributed by atoms with Crippen LogP contribution < -0.4 is 4.74 Å². The monoisotopic (exact) mass is 434 g/mol. The average Bonchev–Trinajstić information content (AvgIpc) is 3.12. The molecule has 2 aromatic rings. The van der Waals surface area contributed by atoms with E-state index in [2.05, 4.69) is 56.3 Å². The van der Waals surface area contributed by atoms with Crippen molar-refractivity contribution in [3.8, 4) is 5.75 Å². The molecule has 32 heavy (non-hydrogen) atoms. The summed E-state index contributed by atoms with van der Waals surface area (Å²) in [6, 6.07) is 17.1. The minimum atomic E-state index is -0.180. The van der Waals surface area contributed by atoms with Crippen LogP contribution in [0.4, 0.5) is 0 Å². The van der Waals surface area contributed by atoms with Gasteiger partial charge in [-0.05, 0) is 84.6 Å². The van der Waals surface area contributed by atoms with Gasteiger partial charge in [-0.1, -0.05) is 56.7 Å². The second-order valence-electron chi connectivity index (χ2n) is 10.5. The van der Waals surface area contributed by atoms with E-state index in [9.17, 15) is 5.11 Å². The first-order valence-electron chi connectivity index (χ1n) is 12.7. The first-order valence-corrected chi connectivity index (χ1v) is 12.7. The van der Waals surface area contributed by atoms with Crippen LogP contribution in [0.5, 0.6) is 5.75 Å². The maximum Gasteiger partial charge on any atom is 0.120 e. The van der Waals surface area contributed by atoms with Crippen molar-refractivity contribution in [2.24, 2.45) is 17.3 Å². The third-order valence-corrected chi connectivity index (χ3v) is 8.68. The molecule has 0 radical (unpaired) electrons. The highest BCUT2D eigenvalue weighted by Crippen LogP contribution is 2.61. The zero-order chi connectivity index (χ0) is 22.1. The molecule has 172 valence electrons. The summed E-state index contributed by atoms with van der Waals surface area (Å²) >= 11 is 0. The first kappa shape index (κ1) is 22.0. The van der Waals surface area contributed by atoms with E-state index in [4.69, 9.17) is 9.47 Å². The summed E-state index contributed by atoms with van der Waals surface area (Å²) < 4.78 is 12.7. The van der Waals surface area contributed by atoms with Crippen LogP contribution in [0, 0.1) is 17.3 Å². The molecule has 2 fully saturated rings. The molecule has 6 atom stereocenters. The fourth-order valence-corrected chi connectivity index (χ4v) is 6.95. The minimum absolute atomic E-state index is 0.00822. The molecular weight excluding hydrogens is 396 g/mol. The van der Waals surface area contributed by atoms with Gasteiger partial charge >= 0.3 is 0 Å². The maximum atomic E-state index is 10.9. The third kappa shape index (κ3) is 3.99. The Hall–Kier alpha value is -1.84. The molecule has 1 N–H and O–H groups in total. The van der Waals surface area contributed by atoms with E-state index in [1.165, 1.54) is 23.1 Å². The van der Waals surface area contributed by atoms with Gasteiger partial charge in [-0.15, -0.1) is 0 Å². The van der Waals surface area contributed by atoms with E-state index in [1.807, 2.05) is 6.07 Å². The zero-order valence-corrected chi connectivity index (χ0v) is 19.6. The number of fused-ring (bicyclic) bond motifs is 5. The van der Waals surface area contributed by atoms with Crippen LogP contribution in [0.25, 0.3) is 0 Å². The number of aryl methyl sites for hydroxylation is 1. The van der Waals surface area contributed by atoms with Crippen LogP contribution in [0.2, 0.25) is 0 Å². The lowest BCUT2D eigenvalue weighted by Gasteiger charge is -2.53. The number of aliphatic hydroxyl groups excluding tert-OH is 1. The standard InChI is InChI=1S/C29H38O3/c1-3-4-16-31-26-18-29(2)25(14-15-27(29)30)24-12-10-21-17-22(11-13-23(21)28(24)26)32-19-20-8-6-5-7-9-20/h5-9,11,13,17,24-28,30H,3-4,10,12,14-16,18-19H2,1-2H3/t24-,25-,26-,27?,28+,29-/m0/s1. The van der Waals surface area contributed by atoms with Crippen molar-refractivity contribution >= 4 is 0 Å². The molecule has 2 aromatic carbocycles. The molecule has 2 saturated carbocycles. The number of unbranched alkanes of at least 4 members (excludes halogenated alkanes) is 1. The number of ether oxygens (including phenoxy) is 2. The van der Waals surface area contributed by atoms with Crippen molar-refractivity contribution in [2.45, 2.75) is 83.5 Å². The lowest BCUT2D eigenvalue weighted by atomic mass is 9.54. The van der Waals surface area contributed by atoms with Crippen molar-refractivity contribution in [1.29, 1.82) is 0 Å². The second kappa shape index (κ2) is 9.19. The van der Waals surface area contributed by atoms with Gasteiger partial charge in [0.25, 0.3) is 0 Å². The molecule has 0 spiro atoms. The summed E-state index contributed by atoms with van der Waals surface area (Å²) in [6.07, 6.45) is 7.67. The number of hydrogen-bond acceptors (Lipinski definition) is 3. The van der Waals surface area contributed by atoms with Crippen molar-refractivity contribution in [2.75, 3.05) is 6.61 Å². The van der Waals surface area contributed by atoms with E-state index in [0.717, 1.165) is 50.9 Å². The van der Waals surface area contributed by atoms with Crippen molar-refractivity contribution in [3.05, 3.63) is 65.2 Å². The zero-order valence-electron chi connectivity index (χ0n) is 19.6. The van der Waals surface area contributed by atoms with Crippen LogP contribution in [-0.2, 0) is 17.8 Å². The minimum Gasteiger partial charge on any atom is -0.489 e. The Kier molecular flexibility index (Phi) is 6.31. The Balaban J connectivity index is 1.39. The SMILES string of the molecule is CCCCO[C@H]1C[C@]2(C)C(O)CC[C@H]2[C@@H]2CCc3cc(OCc4ccccc4)ccc3[C@H]21. The Bertz CT molecular complexity index is 910. The van der Waals surface area contributed by atoms with Gasteiger partial charge in [0.2, 0.25) is 0 Å². The Labute approximate surface area is 193 Å². The van der Waals surface area contributed by atoms with Gasteiger partial charge in [-0.2, -0.15) is 0 Å². The number of hydrogen-bond donors (Lipinski definition) is 1. The van der Waals surface area contributed by atoms with E-state index < -0.39 is 0 Å². The Morgan fingerprint density at radius 1 is 1.06 bits per heavy atom. The summed E-state index contributed by atoms with van der Waals surface area (Å²) in [6.45, 7) is 5.98. The molecule has 3 aliphatic rings. The van der Waals surface area contributed by atoms with Gasteiger partial charge in [-0.25, -0.2) is 0 Å². The van der Waals surface area contributed by atoms with Crippen molar-refractivity contribution in [1.82, 2.24) is 0 Å². The first-order chi connectivity index (χ1) is 15.6. The Morgan fingerprint density at radius 3 is 2.72 bits per heavy atom. The molecule has 0 saturated heterocycles. The summed E-state index contributed by atoms with van der Waals surface area (Å²) in [5.74, 6) is 2.63. The van der Waals surface area contributed by atoms with Crippen molar-refractivity contribution < 1.29 is 14.6 Å². The highest BCUT2D eigenvalue weighted by atomic mass is 16.5. The molecule has 5 rings (SSSR count). The lowest BCUT2D eigenvalue weighted by molar-refractivity contribution is -0.105. The predicted octanol–water partition coefficient (Wildman–Crippen LogP) is 6.28. The molecule has 0 aliphatic heterocycles. The van der Waals surface area contributed by atoms with Gasteiger partial charge in [0.15, 0.2) is 0 Å². The molecule has 0 amide bonds. The summed E-state index contributed by atoms with van der Waals surface area (Å²) in [5.41, 5.74) is 4.11. The molecule has 3 heteroatoms. The summed E-state index contributed by atoms with van der Waals surface area (Å²) in [4.78, 5) is 0. The van der Waals surface area contributed by atoms with E-state index >= 15 is 0 Å². The quantitative estimate of drug-likeness (QED) is 0.521. The van der Waals surface area contributed by atoms with E-state index in [1.54, 1.807) is 0 Å². The normalized spacial score (nSPS) is 33.3. The lowest BCUT2D eigenvalue weighted by Crippen LogP contribution is -2.50. The van der Waals surface area contributed by atoms with Crippen LogP contribution in [0.3, 0.4) is 0 Å². The molecule has 3 aliphatic carbocycles. The summed E-state index contributed by atoms with van der Waals surface area (Å²) in [7, 11) is 0. The predicted molar refractivity (Wildman–Crippen MR) is 128 cm³/mol. The van der Waals surface area contributed by atoms with E-state index in [-0.39, 0.29) is 17.6 Å². The average molecular weight is 435 g/mol. The third-order valence-electron chi connectivity index (χ3n) is 8.68. The van der Waals surface area contributed by atoms with Crippen LogP contribution in [0.1, 0.15) is 75.0 Å².